The molecule has 2 aromatic heterocycles. The third-order valence-corrected chi connectivity index (χ3v) is 7.65. The smallest absolute Gasteiger partial charge is 0.272 e. The van der Waals surface area contributed by atoms with Gasteiger partial charge in [0.1, 0.15) is 17.0 Å². The number of nitrogens with two attached hydrogens (primary N) is 2. The van der Waals surface area contributed by atoms with E-state index in [0.29, 0.717) is 53.1 Å². The number of hydrazone groups is 1. The van der Waals surface area contributed by atoms with Gasteiger partial charge in [0, 0.05) is 49.4 Å². The number of rotatable bonds is 8. The molecule has 0 spiro atoms. The number of carbonyl (C=O) groups is 1. The molecular formula is C32H36N8O2. The number of allylic oxidation sites excluding steroid dienone is 1. The zero-order chi connectivity index (χ0) is 29.6. The number of hydrogen-bond donors (Lipinski definition) is 3. The lowest BCUT2D eigenvalue weighted by Crippen LogP contribution is -2.41. The van der Waals surface area contributed by atoms with Gasteiger partial charge in [-0.1, -0.05) is 36.4 Å². The third-order valence-electron chi connectivity index (χ3n) is 7.65. The Hall–Kier alpha value is -4.99. The number of fused-ring (bicyclic) bond motifs is 1. The van der Waals surface area contributed by atoms with Gasteiger partial charge in [0.25, 0.3) is 5.91 Å². The molecule has 10 heteroatoms. The standard InChI is InChI=1S/C32H36N8O2/c1-20(35-3)26(19-33)24-9-10-29-27(17-24)37-31(42-29)25-11-14-36-28(18-25)32(41)40-15-12-23(13-16-40)30(39-38-21(2)34)22-7-5-4-6-8-22/h4-11,14,17-19,23,30,39H,12-13,15-16,33H2,1-3H3,(H2,34,38). The van der Waals surface area contributed by atoms with E-state index in [4.69, 9.17) is 20.9 Å². The molecule has 10 nitrogen and oxygen atoms in total. The van der Waals surface area contributed by atoms with Crippen LogP contribution in [0.5, 0.6) is 0 Å². The first-order valence-electron chi connectivity index (χ1n) is 14.0. The van der Waals surface area contributed by atoms with Crippen molar-refractivity contribution in [2.24, 2.45) is 27.5 Å². The van der Waals surface area contributed by atoms with Gasteiger partial charge in [-0.05, 0) is 68.0 Å². The SMILES string of the molecule is CN=C(C)C(=CN)c1ccc2oc(-c3ccnc(C(=O)N4CCC(C(N/N=C(/C)N)c5ccccc5)CC4)c3)nc2c1. The second-order valence-corrected chi connectivity index (χ2v) is 10.4. The minimum Gasteiger partial charge on any atom is -0.436 e. The number of benzene rings is 2. The highest BCUT2D eigenvalue weighted by molar-refractivity contribution is 6.22. The summed E-state index contributed by atoms with van der Waals surface area (Å²) in [6.45, 7) is 4.91. The maximum absolute atomic E-state index is 13.5. The zero-order valence-electron chi connectivity index (χ0n) is 24.1. The Morgan fingerprint density at radius 1 is 1.12 bits per heavy atom. The van der Waals surface area contributed by atoms with Crippen LogP contribution >= 0.6 is 0 Å². The van der Waals surface area contributed by atoms with Gasteiger partial charge in [-0.15, -0.1) is 0 Å². The molecule has 5 N–H and O–H groups in total. The summed E-state index contributed by atoms with van der Waals surface area (Å²) in [4.78, 5) is 28.7. The lowest BCUT2D eigenvalue weighted by Gasteiger charge is -2.36. The van der Waals surface area contributed by atoms with Gasteiger partial charge in [-0.2, -0.15) is 5.10 Å². The lowest BCUT2D eigenvalue weighted by atomic mass is 9.85. The number of nitrogens with one attached hydrogen (secondary N) is 1. The largest absolute Gasteiger partial charge is 0.436 e. The summed E-state index contributed by atoms with van der Waals surface area (Å²) < 4.78 is 6.04. The van der Waals surface area contributed by atoms with E-state index in [1.807, 2.05) is 48.2 Å². The van der Waals surface area contributed by atoms with Crippen molar-refractivity contribution < 1.29 is 9.21 Å². The Morgan fingerprint density at radius 2 is 1.88 bits per heavy atom. The van der Waals surface area contributed by atoms with Crippen LogP contribution in [0.3, 0.4) is 0 Å². The van der Waals surface area contributed by atoms with Gasteiger partial charge in [0.05, 0.1) is 6.04 Å². The third kappa shape index (κ3) is 6.17. The molecule has 1 atom stereocenters. The molecule has 1 amide bonds. The normalized spacial score (nSPS) is 16.1. The highest BCUT2D eigenvalue weighted by Crippen LogP contribution is 2.32. The number of amides is 1. The fourth-order valence-corrected chi connectivity index (χ4v) is 5.33. The van der Waals surface area contributed by atoms with Crippen molar-refractivity contribution in [1.82, 2.24) is 20.3 Å². The Labute approximate surface area is 245 Å². The summed E-state index contributed by atoms with van der Waals surface area (Å²) in [5, 5.41) is 4.29. The molecule has 1 saturated heterocycles. The maximum atomic E-state index is 13.5. The Morgan fingerprint density at radius 3 is 2.57 bits per heavy atom. The molecule has 42 heavy (non-hydrogen) atoms. The first kappa shape index (κ1) is 28.5. The van der Waals surface area contributed by atoms with Gasteiger partial charge < -0.3 is 26.2 Å². The van der Waals surface area contributed by atoms with Crippen LogP contribution in [-0.4, -0.2) is 52.5 Å². The van der Waals surface area contributed by atoms with Crippen molar-refractivity contribution in [3.05, 3.63) is 89.9 Å². The number of carbonyl (C=O) groups excluding carboxylic acids is 1. The second kappa shape index (κ2) is 12.7. The van der Waals surface area contributed by atoms with Crippen LogP contribution in [0.2, 0.25) is 0 Å². The Balaban J connectivity index is 1.31. The van der Waals surface area contributed by atoms with E-state index >= 15 is 0 Å². The van der Waals surface area contributed by atoms with E-state index in [2.05, 4.69) is 32.6 Å². The Bertz CT molecular complexity index is 1650. The zero-order valence-corrected chi connectivity index (χ0v) is 24.1. The van der Waals surface area contributed by atoms with Gasteiger partial charge in [-0.25, -0.2) is 4.98 Å². The molecule has 0 radical (unpaired) electrons. The molecule has 2 aromatic carbocycles. The van der Waals surface area contributed by atoms with Crippen molar-refractivity contribution in [1.29, 1.82) is 0 Å². The van der Waals surface area contributed by atoms with E-state index < -0.39 is 0 Å². The average molecular weight is 565 g/mol. The summed E-state index contributed by atoms with van der Waals surface area (Å²) in [5.41, 5.74) is 21.0. The van der Waals surface area contributed by atoms with E-state index in [1.165, 1.54) is 0 Å². The minimum atomic E-state index is -0.110. The molecule has 0 bridgehead atoms. The van der Waals surface area contributed by atoms with Gasteiger partial charge >= 0.3 is 0 Å². The first-order valence-corrected chi connectivity index (χ1v) is 14.0. The topological polar surface area (TPSA) is 148 Å². The second-order valence-electron chi connectivity index (χ2n) is 10.4. The number of amidine groups is 1. The quantitative estimate of drug-likeness (QED) is 0.159. The van der Waals surface area contributed by atoms with Crippen molar-refractivity contribution in [3.8, 4) is 11.5 Å². The number of aromatic nitrogens is 2. The van der Waals surface area contributed by atoms with E-state index in [1.54, 1.807) is 38.5 Å². The molecule has 0 saturated carbocycles. The molecule has 1 fully saturated rings. The summed E-state index contributed by atoms with van der Waals surface area (Å²) in [5.74, 6) is 1.09. The first-order chi connectivity index (χ1) is 20.4. The number of nitrogens with zero attached hydrogens (tertiary/aromatic N) is 5. The van der Waals surface area contributed by atoms with Crippen LogP contribution in [-0.2, 0) is 0 Å². The number of pyridine rings is 1. The van der Waals surface area contributed by atoms with Gasteiger partial charge in [0.2, 0.25) is 5.89 Å². The molecular weight excluding hydrogens is 528 g/mol. The van der Waals surface area contributed by atoms with E-state index in [0.717, 1.165) is 35.3 Å². The summed E-state index contributed by atoms with van der Waals surface area (Å²) in [6.07, 6.45) is 4.81. The molecule has 1 aliphatic heterocycles. The minimum absolute atomic E-state index is 0.0117. The summed E-state index contributed by atoms with van der Waals surface area (Å²) >= 11 is 0. The number of likely N-dealkylation sites (tertiary alicyclic amines) is 1. The summed E-state index contributed by atoms with van der Waals surface area (Å²) in [6, 6.07) is 19.5. The Kier molecular flexibility index (Phi) is 8.61. The summed E-state index contributed by atoms with van der Waals surface area (Å²) in [7, 11) is 1.73. The lowest BCUT2D eigenvalue weighted by molar-refractivity contribution is 0.0664. The monoisotopic (exact) mass is 564 g/mol. The van der Waals surface area contributed by atoms with E-state index in [-0.39, 0.29) is 11.9 Å². The maximum Gasteiger partial charge on any atom is 0.272 e. The van der Waals surface area contributed by atoms with Crippen LogP contribution in [0.1, 0.15) is 54.3 Å². The number of oxazole rings is 1. The average Bonchev–Trinajstić information content (AvgIpc) is 3.46. The number of piperidine rings is 1. The van der Waals surface area contributed by atoms with Crippen molar-refractivity contribution in [3.63, 3.8) is 0 Å². The molecule has 1 unspecified atom stereocenters. The molecule has 4 aromatic rings. The van der Waals surface area contributed by atoms with Crippen molar-refractivity contribution >= 4 is 34.1 Å². The van der Waals surface area contributed by atoms with Crippen LogP contribution in [0.4, 0.5) is 0 Å². The molecule has 5 rings (SSSR count). The molecule has 0 aliphatic carbocycles. The highest BCUT2D eigenvalue weighted by Gasteiger charge is 2.30. The molecule has 3 heterocycles. The highest BCUT2D eigenvalue weighted by atomic mass is 16.3. The van der Waals surface area contributed by atoms with Gasteiger partial charge in [-0.3, -0.25) is 14.8 Å². The van der Waals surface area contributed by atoms with Crippen LogP contribution < -0.4 is 16.9 Å². The van der Waals surface area contributed by atoms with Crippen LogP contribution in [0.25, 0.3) is 28.1 Å². The number of aliphatic imine (C=N–C) groups is 1. The van der Waals surface area contributed by atoms with Crippen LogP contribution in [0, 0.1) is 5.92 Å². The van der Waals surface area contributed by atoms with Gasteiger partial charge in [0.15, 0.2) is 5.58 Å². The predicted octanol–water partition coefficient (Wildman–Crippen LogP) is 4.76. The number of hydrogen-bond acceptors (Lipinski definition) is 8. The molecule has 1 aliphatic rings. The fourth-order valence-electron chi connectivity index (χ4n) is 5.33. The van der Waals surface area contributed by atoms with Crippen molar-refractivity contribution in [2.75, 3.05) is 20.1 Å². The fraction of sp³-hybridized carbons (Fsp3) is 0.281. The molecule has 216 valence electrons. The van der Waals surface area contributed by atoms with E-state index in [9.17, 15) is 4.79 Å². The predicted molar refractivity (Wildman–Crippen MR) is 167 cm³/mol. The van der Waals surface area contributed by atoms with Crippen LogP contribution in [0.15, 0.2) is 87.6 Å². The van der Waals surface area contributed by atoms with Crippen molar-refractivity contribution in [2.45, 2.75) is 32.7 Å².